The zero-order valence-corrected chi connectivity index (χ0v) is 9.07. The van der Waals surface area contributed by atoms with E-state index >= 15 is 0 Å². The van der Waals surface area contributed by atoms with E-state index in [1.165, 1.54) is 0 Å². The maximum absolute atomic E-state index is 11.4. The normalized spacial score (nSPS) is 10.5. The number of nitrogens with one attached hydrogen (secondary N) is 1. The van der Waals surface area contributed by atoms with Crippen molar-refractivity contribution in [1.29, 1.82) is 0 Å². The van der Waals surface area contributed by atoms with Gasteiger partial charge < -0.3 is 5.32 Å². The average molecular weight is 203 g/mol. The van der Waals surface area contributed by atoms with Gasteiger partial charge in [0.05, 0.1) is 0 Å². The number of rotatable bonds is 5. The van der Waals surface area contributed by atoms with Crippen molar-refractivity contribution in [3.05, 3.63) is 42.5 Å². The molecule has 0 heterocycles. The lowest BCUT2D eigenvalue weighted by Crippen LogP contribution is -2.07. The zero-order valence-electron chi connectivity index (χ0n) is 9.07. The number of carbonyl (C=O) groups excluding carboxylic acids is 1. The predicted molar refractivity (Wildman–Crippen MR) is 63.7 cm³/mol. The van der Waals surface area contributed by atoms with Gasteiger partial charge in [-0.3, -0.25) is 4.79 Å². The molecular weight excluding hydrogens is 186 g/mol. The molecule has 0 spiro atoms. The van der Waals surface area contributed by atoms with Gasteiger partial charge in [-0.2, -0.15) is 0 Å². The van der Waals surface area contributed by atoms with E-state index < -0.39 is 0 Å². The molecule has 0 unspecified atom stereocenters. The van der Waals surface area contributed by atoms with Gasteiger partial charge in [0.15, 0.2) is 0 Å². The van der Waals surface area contributed by atoms with Gasteiger partial charge in [0.2, 0.25) is 5.91 Å². The second-order valence-electron chi connectivity index (χ2n) is 3.40. The molecular formula is C13H17NO. The smallest absolute Gasteiger partial charge is 0.248 e. The van der Waals surface area contributed by atoms with E-state index in [9.17, 15) is 4.79 Å². The van der Waals surface area contributed by atoms with Gasteiger partial charge in [0.1, 0.15) is 0 Å². The Hall–Kier alpha value is -1.57. The molecule has 0 saturated carbocycles. The van der Waals surface area contributed by atoms with Gasteiger partial charge in [-0.15, -0.1) is 0 Å². The van der Waals surface area contributed by atoms with Gasteiger partial charge in [-0.05, 0) is 24.6 Å². The van der Waals surface area contributed by atoms with Gasteiger partial charge >= 0.3 is 0 Å². The van der Waals surface area contributed by atoms with Crippen molar-refractivity contribution in [2.75, 3.05) is 5.32 Å². The molecule has 1 rings (SSSR count). The van der Waals surface area contributed by atoms with Crippen LogP contribution < -0.4 is 5.32 Å². The fourth-order valence-corrected chi connectivity index (χ4v) is 1.22. The highest BCUT2D eigenvalue weighted by molar-refractivity contribution is 5.99. The molecule has 1 amide bonds. The Morgan fingerprint density at radius 2 is 2.07 bits per heavy atom. The SMILES string of the molecule is CCCCC=CC(=O)Nc1ccccc1. The van der Waals surface area contributed by atoms with Crippen molar-refractivity contribution in [3.8, 4) is 0 Å². The maximum atomic E-state index is 11.4. The Kier molecular flexibility index (Phi) is 5.23. The Balaban J connectivity index is 2.33. The van der Waals surface area contributed by atoms with Gasteiger partial charge in [0.25, 0.3) is 0 Å². The molecule has 0 fully saturated rings. The number of benzene rings is 1. The number of unbranched alkanes of at least 4 members (excludes halogenated alkanes) is 2. The van der Waals surface area contributed by atoms with Crippen LogP contribution in [0.15, 0.2) is 42.5 Å². The molecule has 2 heteroatoms. The van der Waals surface area contributed by atoms with Crippen molar-refractivity contribution in [3.63, 3.8) is 0 Å². The molecule has 0 aromatic heterocycles. The van der Waals surface area contributed by atoms with Crippen LogP contribution in [0.1, 0.15) is 26.2 Å². The largest absolute Gasteiger partial charge is 0.323 e. The Morgan fingerprint density at radius 3 is 2.73 bits per heavy atom. The van der Waals surface area contributed by atoms with Gasteiger partial charge in [-0.1, -0.05) is 44.0 Å². The quantitative estimate of drug-likeness (QED) is 0.577. The highest BCUT2D eigenvalue weighted by atomic mass is 16.1. The summed E-state index contributed by atoms with van der Waals surface area (Å²) < 4.78 is 0. The monoisotopic (exact) mass is 203 g/mol. The molecule has 0 aliphatic carbocycles. The number of hydrogen-bond donors (Lipinski definition) is 1. The molecule has 1 aromatic rings. The molecule has 0 aliphatic rings. The third-order valence-corrected chi connectivity index (χ3v) is 2.03. The molecule has 80 valence electrons. The van der Waals surface area contributed by atoms with Crippen LogP contribution in [0.25, 0.3) is 0 Å². The third-order valence-electron chi connectivity index (χ3n) is 2.03. The first-order valence-corrected chi connectivity index (χ1v) is 5.35. The molecule has 1 N–H and O–H groups in total. The van der Waals surface area contributed by atoms with Crippen LogP contribution in [-0.4, -0.2) is 5.91 Å². The number of allylic oxidation sites excluding steroid dienone is 1. The summed E-state index contributed by atoms with van der Waals surface area (Å²) in [5.41, 5.74) is 0.836. The lowest BCUT2D eigenvalue weighted by molar-refractivity contribution is -0.111. The summed E-state index contributed by atoms with van der Waals surface area (Å²) >= 11 is 0. The minimum atomic E-state index is -0.0581. The Labute approximate surface area is 91.0 Å². The van der Waals surface area contributed by atoms with E-state index in [-0.39, 0.29) is 5.91 Å². The van der Waals surface area contributed by atoms with Crippen LogP contribution in [0.4, 0.5) is 5.69 Å². The molecule has 0 saturated heterocycles. The summed E-state index contributed by atoms with van der Waals surface area (Å²) in [7, 11) is 0. The minimum Gasteiger partial charge on any atom is -0.323 e. The van der Waals surface area contributed by atoms with Crippen molar-refractivity contribution in [1.82, 2.24) is 0 Å². The van der Waals surface area contributed by atoms with Crippen molar-refractivity contribution in [2.45, 2.75) is 26.2 Å². The first kappa shape index (κ1) is 11.5. The summed E-state index contributed by atoms with van der Waals surface area (Å²) in [6.07, 6.45) is 6.78. The molecule has 0 bridgehead atoms. The summed E-state index contributed by atoms with van der Waals surface area (Å²) in [6, 6.07) is 9.47. The van der Waals surface area contributed by atoms with Crippen LogP contribution in [0, 0.1) is 0 Å². The van der Waals surface area contributed by atoms with Crippen LogP contribution >= 0.6 is 0 Å². The van der Waals surface area contributed by atoms with E-state index in [2.05, 4.69) is 12.2 Å². The second-order valence-corrected chi connectivity index (χ2v) is 3.40. The van der Waals surface area contributed by atoms with E-state index in [1.54, 1.807) is 6.08 Å². The van der Waals surface area contributed by atoms with E-state index in [0.29, 0.717) is 0 Å². The summed E-state index contributed by atoms with van der Waals surface area (Å²) in [6.45, 7) is 2.14. The van der Waals surface area contributed by atoms with Gasteiger partial charge in [0, 0.05) is 5.69 Å². The summed E-state index contributed by atoms with van der Waals surface area (Å²) in [5, 5.41) is 2.79. The Bertz CT molecular complexity index is 317. The van der Waals surface area contributed by atoms with E-state index in [1.807, 2.05) is 36.4 Å². The first-order valence-electron chi connectivity index (χ1n) is 5.35. The second kappa shape index (κ2) is 6.82. The van der Waals surface area contributed by atoms with Crippen LogP contribution in [-0.2, 0) is 4.79 Å². The van der Waals surface area contributed by atoms with Crippen LogP contribution in [0.5, 0.6) is 0 Å². The lowest BCUT2D eigenvalue weighted by Gasteiger charge is -2.00. The molecule has 0 atom stereocenters. The molecule has 0 radical (unpaired) electrons. The van der Waals surface area contributed by atoms with Crippen molar-refractivity contribution in [2.24, 2.45) is 0 Å². The van der Waals surface area contributed by atoms with Crippen molar-refractivity contribution < 1.29 is 4.79 Å². The first-order chi connectivity index (χ1) is 7.33. The zero-order chi connectivity index (χ0) is 10.9. The van der Waals surface area contributed by atoms with Gasteiger partial charge in [-0.25, -0.2) is 0 Å². The number of amides is 1. The number of anilines is 1. The number of para-hydroxylation sites is 1. The molecule has 2 nitrogen and oxygen atoms in total. The van der Waals surface area contributed by atoms with E-state index in [0.717, 1.165) is 24.9 Å². The molecule has 0 aliphatic heterocycles. The maximum Gasteiger partial charge on any atom is 0.248 e. The number of hydrogen-bond acceptors (Lipinski definition) is 1. The highest BCUT2D eigenvalue weighted by Gasteiger charge is 1.94. The molecule has 15 heavy (non-hydrogen) atoms. The summed E-state index contributed by atoms with van der Waals surface area (Å²) in [5.74, 6) is -0.0581. The third kappa shape index (κ3) is 5.01. The average Bonchev–Trinajstić information content (AvgIpc) is 2.26. The number of carbonyl (C=O) groups is 1. The Morgan fingerprint density at radius 1 is 1.33 bits per heavy atom. The van der Waals surface area contributed by atoms with Crippen LogP contribution in [0.2, 0.25) is 0 Å². The standard InChI is InChI=1S/C13H17NO/c1-2-3-4-8-11-13(15)14-12-9-6-5-7-10-12/h5-11H,2-4H2,1H3,(H,14,15). The van der Waals surface area contributed by atoms with Crippen LogP contribution in [0.3, 0.4) is 0 Å². The molecule has 1 aromatic carbocycles. The summed E-state index contributed by atoms with van der Waals surface area (Å²) in [4.78, 5) is 11.4. The van der Waals surface area contributed by atoms with Crippen molar-refractivity contribution >= 4 is 11.6 Å². The fourth-order valence-electron chi connectivity index (χ4n) is 1.22. The predicted octanol–water partition coefficient (Wildman–Crippen LogP) is 3.37. The highest BCUT2D eigenvalue weighted by Crippen LogP contribution is 2.04. The lowest BCUT2D eigenvalue weighted by atomic mass is 10.2. The van der Waals surface area contributed by atoms with E-state index in [4.69, 9.17) is 0 Å². The fraction of sp³-hybridized carbons (Fsp3) is 0.308. The minimum absolute atomic E-state index is 0.0581. The topological polar surface area (TPSA) is 29.1 Å².